The molecule has 0 fully saturated rings. The molecular formula is C14H20N2. The Hall–Kier alpha value is -1.44. The number of rotatable bonds is 1. The van der Waals surface area contributed by atoms with Crippen molar-refractivity contribution in [2.75, 3.05) is 0 Å². The summed E-state index contributed by atoms with van der Waals surface area (Å²) < 4.78 is 0. The Morgan fingerprint density at radius 2 is 1.81 bits per heavy atom. The molecule has 0 unspecified atom stereocenters. The third-order valence-electron chi connectivity index (χ3n) is 2.39. The Morgan fingerprint density at radius 3 is 2.44 bits per heavy atom. The molecular weight excluding hydrogens is 196 g/mol. The molecule has 0 saturated heterocycles. The van der Waals surface area contributed by atoms with Crippen molar-refractivity contribution in [3.8, 4) is 0 Å². The first-order valence-corrected chi connectivity index (χ1v) is 5.90. The van der Waals surface area contributed by atoms with Crippen LogP contribution in [0.3, 0.4) is 0 Å². The lowest BCUT2D eigenvalue weighted by Crippen LogP contribution is -1.91. The van der Waals surface area contributed by atoms with Crippen LogP contribution in [0, 0.1) is 6.92 Å². The minimum absolute atomic E-state index is 0.551. The fraction of sp³-hybridized carbons (Fsp3) is 0.429. The molecule has 1 aromatic carbocycles. The number of aromatic nitrogens is 2. The van der Waals surface area contributed by atoms with Crippen LogP contribution in [-0.2, 0) is 0 Å². The second-order valence-corrected chi connectivity index (χ2v) is 3.89. The van der Waals surface area contributed by atoms with Crippen molar-refractivity contribution in [1.82, 2.24) is 9.97 Å². The predicted molar refractivity (Wildman–Crippen MR) is 69.7 cm³/mol. The zero-order chi connectivity index (χ0) is 12.1. The van der Waals surface area contributed by atoms with Crippen molar-refractivity contribution in [2.45, 2.75) is 40.5 Å². The first kappa shape index (κ1) is 12.6. The predicted octanol–water partition coefficient (Wildman–Crippen LogP) is 4.09. The Labute approximate surface area is 97.7 Å². The molecule has 0 bridgehead atoms. The summed E-state index contributed by atoms with van der Waals surface area (Å²) >= 11 is 0. The smallest absolute Gasteiger partial charge is 0.125 e. The highest BCUT2D eigenvalue weighted by atomic mass is 14.9. The van der Waals surface area contributed by atoms with E-state index in [0.29, 0.717) is 5.92 Å². The van der Waals surface area contributed by atoms with Crippen molar-refractivity contribution in [3.05, 3.63) is 35.8 Å². The standard InChI is InChI=1S/C12H14N2.C2H6/c1-8(2)10-4-5-11-7-13-9(3)14-12(11)6-10;1-2/h4-8H,1-3H3;1-2H3. The number of fused-ring (bicyclic) bond motifs is 1. The van der Waals surface area contributed by atoms with Gasteiger partial charge in [-0.2, -0.15) is 0 Å². The number of nitrogens with zero attached hydrogens (tertiary/aromatic N) is 2. The maximum atomic E-state index is 4.41. The van der Waals surface area contributed by atoms with Crippen molar-refractivity contribution in [2.24, 2.45) is 0 Å². The normalized spacial score (nSPS) is 10.1. The van der Waals surface area contributed by atoms with Crippen molar-refractivity contribution >= 4 is 10.9 Å². The summed E-state index contributed by atoms with van der Waals surface area (Å²) in [5.41, 5.74) is 2.37. The molecule has 0 atom stereocenters. The van der Waals surface area contributed by atoms with Crippen LogP contribution in [-0.4, -0.2) is 9.97 Å². The van der Waals surface area contributed by atoms with Crippen LogP contribution in [0.1, 0.15) is 45.0 Å². The highest BCUT2D eigenvalue weighted by Gasteiger charge is 2.01. The van der Waals surface area contributed by atoms with Gasteiger partial charge in [-0.3, -0.25) is 0 Å². The van der Waals surface area contributed by atoms with Crippen LogP contribution in [0.25, 0.3) is 10.9 Å². The van der Waals surface area contributed by atoms with E-state index < -0.39 is 0 Å². The molecule has 0 aliphatic carbocycles. The average Bonchev–Trinajstić information content (AvgIpc) is 2.30. The molecule has 1 heterocycles. The number of benzene rings is 1. The first-order chi connectivity index (χ1) is 7.66. The zero-order valence-corrected chi connectivity index (χ0v) is 10.8. The number of hydrogen-bond donors (Lipinski definition) is 0. The minimum atomic E-state index is 0.551. The number of aryl methyl sites for hydroxylation is 1. The highest BCUT2D eigenvalue weighted by Crippen LogP contribution is 2.19. The van der Waals surface area contributed by atoms with E-state index in [2.05, 4.69) is 42.0 Å². The Bertz CT molecular complexity index is 461. The van der Waals surface area contributed by atoms with Gasteiger partial charge in [0.2, 0.25) is 0 Å². The summed E-state index contributed by atoms with van der Waals surface area (Å²) in [7, 11) is 0. The monoisotopic (exact) mass is 216 g/mol. The van der Waals surface area contributed by atoms with Crippen molar-refractivity contribution in [1.29, 1.82) is 0 Å². The lowest BCUT2D eigenvalue weighted by Gasteiger charge is -2.06. The van der Waals surface area contributed by atoms with Gasteiger partial charge in [0.15, 0.2) is 0 Å². The third-order valence-corrected chi connectivity index (χ3v) is 2.39. The van der Waals surface area contributed by atoms with Gasteiger partial charge >= 0.3 is 0 Å². The summed E-state index contributed by atoms with van der Waals surface area (Å²) in [6, 6.07) is 6.38. The lowest BCUT2D eigenvalue weighted by atomic mass is 10.0. The molecule has 0 radical (unpaired) electrons. The molecule has 0 amide bonds. The largest absolute Gasteiger partial charge is 0.241 e. The molecule has 0 N–H and O–H groups in total. The van der Waals surface area contributed by atoms with E-state index in [1.165, 1.54) is 5.56 Å². The molecule has 16 heavy (non-hydrogen) atoms. The summed E-state index contributed by atoms with van der Waals surface area (Å²) in [5, 5.41) is 1.11. The average molecular weight is 216 g/mol. The molecule has 2 rings (SSSR count). The number of hydrogen-bond acceptors (Lipinski definition) is 2. The van der Waals surface area contributed by atoms with Crippen LogP contribution in [0.4, 0.5) is 0 Å². The van der Waals surface area contributed by atoms with Crippen LogP contribution in [0.15, 0.2) is 24.4 Å². The third kappa shape index (κ3) is 2.78. The van der Waals surface area contributed by atoms with Gasteiger partial charge in [0.1, 0.15) is 5.82 Å². The quantitative estimate of drug-likeness (QED) is 0.717. The zero-order valence-electron chi connectivity index (χ0n) is 10.8. The topological polar surface area (TPSA) is 25.8 Å². The molecule has 2 nitrogen and oxygen atoms in total. The SMILES string of the molecule is CC.Cc1ncc2ccc(C(C)C)cc2n1. The van der Waals surface area contributed by atoms with Crippen molar-refractivity contribution in [3.63, 3.8) is 0 Å². The van der Waals surface area contributed by atoms with E-state index >= 15 is 0 Å². The van der Waals surface area contributed by atoms with E-state index in [9.17, 15) is 0 Å². The summed E-state index contributed by atoms with van der Waals surface area (Å²) in [6.07, 6.45) is 1.88. The second kappa shape index (κ2) is 5.59. The lowest BCUT2D eigenvalue weighted by molar-refractivity contribution is 0.867. The summed E-state index contributed by atoms with van der Waals surface area (Å²) in [5.74, 6) is 1.38. The molecule has 1 aromatic heterocycles. The molecule has 2 heteroatoms. The molecule has 0 aliphatic heterocycles. The maximum Gasteiger partial charge on any atom is 0.125 e. The van der Waals surface area contributed by atoms with Gasteiger partial charge in [-0.1, -0.05) is 39.8 Å². The fourth-order valence-corrected chi connectivity index (χ4v) is 1.49. The fourth-order valence-electron chi connectivity index (χ4n) is 1.49. The highest BCUT2D eigenvalue weighted by molar-refractivity contribution is 5.78. The molecule has 0 aliphatic rings. The van der Waals surface area contributed by atoms with Crippen LogP contribution in [0.2, 0.25) is 0 Å². The van der Waals surface area contributed by atoms with Gasteiger partial charge in [0.05, 0.1) is 5.52 Å². The van der Waals surface area contributed by atoms with Gasteiger partial charge in [-0.25, -0.2) is 9.97 Å². The maximum absolute atomic E-state index is 4.41. The van der Waals surface area contributed by atoms with E-state index in [1.807, 2.05) is 27.0 Å². The van der Waals surface area contributed by atoms with Crippen LogP contribution < -0.4 is 0 Å². The van der Waals surface area contributed by atoms with E-state index in [0.717, 1.165) is 16.7 Å². The van der Waals surface area contributed by atoms with Gasteiger partial charge in [0.25, 0.3) is 0 Å². The molecule has 0 saturated carbocycles. The van der Waals surface area contributed by atoms with Gasteiger partial charge in [-0.15, -0.1) is 0 Å². The molecule has 0 spiro atoms. The molecule has 2 aromatic rings. The van der Waals surface area contributed by atoms with Gasteiger partial charge in [0, 0.05) is 11.6 Å². The van der Waals surface area contributed by atoms with Crippen LogP contribution in [0.5, 0.6) is 0 Å². The Balaban J connectivity index is 0.000000606. The van der Waals surface area contributed by atoms with Crippen LogP contribution >= 0.6 is 0 Å². The van der Waals surface area contributed by atoms with Crippen molar-refractivity contribution < 1.29 is 0 Å². The van der Waals surface area contributed by atoms with Gasteiger partial charge < -0.3 is 0 Å². The molecule has 86 valence electrons. The van der Waals surface area contributed by atoms with E-state index in [1.54, 1.807) is 0 Å². The summed E-state index contributed by atoms with van der Waals surface area (Å²) in [6.45, 7) is 10.3. The van der Waals surface area contributed by atoms with E-state index in [4.69, 9.17) is 0 Å². The second-order valence-electron chi connectivity index (χ2n) is 3.89. The summed E-state index contributed by atoms with van der Waals surface area (Å²) in [4.78, 5) is 8.58. The Kier molecular flexibility index (Phi) is 4.41. The Morgan fingerprint density at radius 1 is 1.12 bits per heavy atom. The van der Waals surface area contributed by atoms with E-state index in [-0.39, 0.29) is 0 Å². The van der Waals surface area contributed by atoms with Gasteiger partial charge in [-0.05, 0) is 24.5 Å². The first-order valence-electron chi connectivity index (χ1n) is 5.90. The minimum Gasteiger partial charge on any atom is -0.241 e.